The molecule has 1 unspecified atom stereocenters. The second-order valence-corrected chi connectivity index (χ2v) is 5.15. The van der Waals surface area contributed by atoms with E-state index < -0.39 is 0 Å². The summed E-state index contributed by atoms with van der Waals surface area (Å²) in [4.78, 5) is 0. The minimum Gasteiger partial charge on any atom is -0.489 e. The molecule has 1 aromatic carbocycles. The van der Waals surface area contributed by atoms with Gasteiger partial charge in [0.25, 0.3) is 0 Å². The lowest BCUT2D eigenvalue weighted by molar-refractivity contribution is 0.146. The van der Waals surface area contributed by atoms with Crippen LogP contribution in [0.2, 0.25) is 0 Å². The zero-order valence-corrected chi connectivity index (χ0v) is 13.1. The Labute approximate surface area is 125 Å². The number of hydrogen-bond donors (Lipinski definition) is 1. The number of ether oxygens (including phenoxy) is 2. The van der Waals surface area contributed by atoms with Gasteiger partial charge in [-0.3, -0.25) is 4.68 Å². The average molecular weight is 289 g/mol. The molecule has 1 aromatic heterocycles. The molecule has 114 valence electrons. The number of nitrogens with zero attached hydrogens (tertiary/aromatic N) is 2. The highest BCUT2D eigenvalue weighted by Crippen LogP contribution is 2.29. The lowest BCUT2D eigenvalue weighted by Gasteiger charge is -2.18. The number of aryl methyl sites for hydroxylation is 2. The van der Waals surface area contributed by atoms with Crippen molar-refractivity contribution in [2.24, 2.45) is 7.05 Å². The van der Waals surface area contributed by atoms with E-state index in [9.17, 15) is 0 Å². The zero-order chi connectivity index (χ0) is 15.2. The molecule has 0 saturated carbocycles. The zero-order valence-electron chi connectivity index (χ0n) is 13.1. The van der Waals surface area contributed by atoms with E-state index in [2.05, 4.69) is 30.3 Å². The van der Waals surface area contributed by atoms with Crippen molar-refractivity contribution in [2.75, 3.05) is 25.6 Å². The van der Waals surface area contributed by atoms with Gasteiger partial charge in [-0.1, -0.05) is 6.07 Å². The molecular weight excluding hydrogens is 266 g/mol. The Morgan fingerprint density at radius 1 is 1.33 bits per heavy atom. The molecule has 0 aliphatic heterocycles. The molecule has 0 spiro atoms. The minimum atomic E-state index is 0.159. The quantitative estimate of drug-likeness (QED) is 0.796. The van der Waals surface area contributed by atoms with Gasteiger partial charge in [0.1, 0.15) is 12.4 Å². The monoisotopic (exact) mass is 289 g/mol. The molecule has 21 heavy (non-hydrogen) atoms. The topological polar surface area (TPSA) is 48.3 Å². The van der Waals surface area contributed by atoms with Gasteiger partial charge in [0.15, 0.2) is 0 Å². The summed E-state index contributed by atoms with van der Waals surface area (Å²) >= 11 is 0. The molecular formula is C16H23N3O2. The van der Waals surface area contributed by atoms with Crippen molar-refractivity contribution in [1.82, 2.24) is 9.78 Å². The van der Waals surface area contributed by atoms with Gasteiger partial charge in [-0.25, -0.2) is 0 Å². The van der Waals surface area contributed by atoms with Gasteiger partial charge in [-0.15, -0.1) is 0 Å². The number of aromatic nitrogens is 2. The maximum absolute atomic E-state index is 5.79. The summed E-state index contributed by atoms with van der Waals surface area (Å²) in [5.74, 6) is 0.850. The van der Waals surface area contributed by atoms with Crippen LogP contribution in [0.5, 0.6) is 5.75 Å². The van der Waals surface area contributed by atoms with Crippen LogP contribution in [0.15, 0.2) is 30.6 Å². The highest BCUT2D eigenvalue weighted by molar-refractivity contribution is 5.58. The summed E-state index contributed by atoms with van der Waals surface area (Å²) in [7, 11) is 3.59. The van der Waals surface area contributed by atoms with Crippen LogP contribution in [0.3, 0.4) is 0 Å². The SMILES string of the molecule is COCCOc1cc(C)ccc1NC(C)c1cnn(C)c1. The molecule has 0 fully saturated rings. The van der Waals surface area contributed by atoms with Crippen molar-refractivity contribution < 1.29 is 9.47 Å². The third-order valence-corrected chi connectivity index (χ3v) is 3.28. The molecule has 1 atom stereocenters. The molecule has 5 nitrogen and oxygen atoms in total. The maximum Gasteiger partial charge on any atom is 0.142 e. The highest BCUT2D eigenvalue weighted by atomic mass is 16.5. The van der Waals surface area contributed by atoms with E-state index in [1.54, 1.807) is 11.8 Å². The van der Waals surface area contributed by atoms with Crippen molar-refractivity contribution >= 4 is 5.69 Å². The van der Waals surface area contributed by atoms with E-state index in [1.807, 2.05) is 31.6 Å². The van der Waals surface area contributed by atoms with Crippen molar-refractivity contribution in [3.05, 3.63) is 41.7 Å². The largest absolute Gasteiger partial charge is 0.489 e. The Morgan fingerprint density at radius 3 is 2.81 bits per heavy atom. The molecule has 0 radical (unpaired) electrons. The standard InChI is InChI=1S/C16H23N3O2/c1-12-5-6-15(16(9-12)21-8-7-20-4)18-13(2)14-10-17-19(3)11-14/h5-6,9-11,13,18H,7-8H2,1-4H3. The fourth-order valence-electron chi connectivity index (χ4n) is 2.08. The van der Waals surface area contributed by atoms with Crippen molar-refractivity contribution in [3.8, 4) is 5.75 Å². The summed E-state index contributed by atoms with van der Waals surface area (Å²) < 4.78 is 12.6. The smallest absolute Gasteiger partial charge is 0.142 e. The molecule has 1 N–H and O–H groups in total. The Bertz CT molecular complexity index is 581. The maximum atomic E-state index is 5.79. The van der Waals surface area contributed by atoms with Gasteiger partial charge in [0.05, 0.1) is 24.5 Å². The van der Waals surface area contributed by atoms with E-state index in [0.29, 0.717) is 13.2 Å². The minimum absolute atomic E-state index is 0.159. The normalized spacial score (nSPS) is 12.2. The van der Waals surface area contributed by atoms with Gasteiger partial charge < -0.3 is 14.8 Å². The first-order valence-corrected chi connectivity index (χ1v) is 7.07. The first-order valence-electron chi connectivity index (χ1n) is 7.07. The Kier molecular flexibility index (Phi) is 5.22. The van der Waals surface area contributed by atoms with Crippen LogP contribution >= 0.6 is 0 Å². The molecule has 1 heterocycles. The van der Waals surface area contributed by atoms with Crippen LogP contribution < -0.4 is 10.1 Å². The highest BCUT2D eigenvalue weighted by Gasteiger charge is 2.11. The van der Waals surface area contributed by atoms with E-state index in [-0.39, 0.29) is 6.04 Å². The van der Waals surface area contributed by atoms with Crippen LogP contribution in [-0.4, -0.2) is 30.1 Å². The number of hydrogen-bond acceptors (Lipinski definition) is 4. The van der Waals surface area contributed by atoms with Gasteiger partial charge in [-0.05, 0) is 31.5 Å². The van der Waals surface area contributed by atoms with E-state index in [4.69, 9.17) is 9.47 Å². The summed E-state index contributed by atoms with van der Waals surface area (Å²) in [5, 5.41) is 7.68. The number of nitrogens with one attached hydrogen (secondary N) is 1. The molecule has 5 heteroatoms. The van der Waals surface area contributed by atoms with Crippen LogP contribution in [0.25, 0.3) is 0 Å². The predicted molar refractivity (Wildman–Crippen MR) is 83.8 cm³/mol. The summed E-state index contributed by atoms with van der Waals surface area (Å²) in [6.07, 6.45) is 3.88. The predicted octanol–water partition coefficient (Wildman–Crippen LogP) is 2.93. The summed E-state index contributed by atoms with van der Waals surface area (Å²) in [5.41, 5.74) is 3.29. The number of benzene rings is 1. The average Bonchev–Trinajstić information content (AvgIpc) is 2.88. The Hall–Kier alpha value is -2.01. The molecule has 0 aliphatic rings. The number of anilines is 1. The van der Waals surface area contributed by atoms with Gasteiger partial charge >= 0.3 is 0 Å². The van der Waals surface area contributed by atoms with Crippen LogP contribution in [0.4, 0.5) is 5.69 Å². The second kappa shape index (κ2) is 7.13. The van der Waals surface area contributed by atoms with Crippen molar-refractivity contribution in [2.45, 2.75) is 19.9 Å². The van der Waals surface area contributed by atoms with Crippen LogP contribution in [0.1, 0.15) is 24.1 Å². The summed E-state index contributed by atoms with van der Waals surface area (Å²) in [6, 6.07) is 6.31. The third-order valence-electron chi connectivity index (χ3n) is 3.28. The summed E-state index contributed by atoms with van der Waals surface area (Å²) in [6.45, 7) is 5.27. The van der Waals surface area contributed by atoms with Crippen molar-refractivity contribution in [3.63, 3.8) is 0 Å². The number of rotatable bonds is 7. The molecule has 0 amide bonds. The van der Waals surface area contributed by atoms with E-state index >= 15 is 0 Å². The van der Waals surface area contributed by atoms with Gasteiger partial charge in [0.2, 0.25) is 0 Å². The first-order chi connectivity index (χ1) is 10.1. The lowest BCUT2D eigenvalue weighted by atomic mass is 10.1. The Balaban J connectivity index is 2.10. The number of methoxy groups -OCH3 is 1. The molecule has 2 rings (SSSR count). The molecule has 0 saturated heterocycles. The van der Waals surface area contributed by atoms with Crippen molar-refractivity contribution in [1.29, 1.82) is 0 Å². The van der Waals surface area contributed by atoms with Crippen LogP contribution in [-0.2, 0) is 11.8 Å². The molecule has 2 aromatic rings. The van der Waals surface area contributed by atoms with Crippen LogP contribution in [0, 0.1) is 6.92 Å². The first kappa shape index (κ1) is 15.4. The Morgan fingerprint density at radius 2 is 2.14 bits per heavy atom. The molecule has 0 bridgehead atoms. The van der Waals surface area contributed by atoms with E-state index in [1.165, 1.54) is 5.56 Å². The lowest BCUT2D eigenvalue weighted by Crippen LogP contribution is -2.10. The van der Waals surface area contributed by atoms with Gasteiger partial charge in [-0.2, -0.15) is 5.10 Å². The second-order valence-electron chi connectivity index (χ2n) is 5.15. The fourth-order valence-corrected chi connectivity index (χ4v) is 2.08. The molecule has 0 aliphatic carbocycles. The van der Waals surface area contributed by atoms with Gasteiger partial charge in [0, 0.05) is 25.9 Å². The third kappa shape index (κ3) is 4.23. The van der Waals surface area contributed by atoms with E-state index in [0.717, 1.165) is 17.0 Å². The fraction of sp³-hybridized carbons (Fsp3) is 0.438.